The normalized spacial score (nSPS) is 11.7. The molecule has 2 atom stereocenters. The number of anilines is 4. The number of benzene rings is 7. The Morgan fingerprint density at radius 2 is 1.11 bits per heavy atom. The lowest BCUT2D eigenvalue weighted by Gasteiger charge is -2.26. The molecule has 71 heavy (non-hydrogen) atoms. The van der Waals surface area contributed by atoms with Gasteiger partial charge in [-0.25, -0.2) is 0 Å². The van der Waals surface area contributed by atoms with Crippen molar-refractivity contribution in [3.05, 3.63) is 231 Å². The molecule has 13 nitrogen and oxygen atoms in total. The largest absolute Gasteiger partial charge is 0.487 e. The van der Waals surface area contributed by atoms with E-state index in [1.54, 1.807) is 41.1 Å². The number of carbonyl (C=O) groups is 2. The number of nitrogens with one attached hydrogen (secondary N) is 4. The molecule has 8 aromatic rings. The van der Waals surface area contributed by atoms with Gasteiger partial charge in [0.15, 0.2) is 0 Å². The van der Waals surface area contributed by atoms with Crippen molar-refractivity contribution in [3.63, 3.8) is 0 Å². The number of amides is 2. The number of hydrogen-bond donors (Lipinski definition) is 6. The van der Waals surface area contributed by atoms with Crippen LogP contribution in [0.15, 0.2) is 187 Å². The van der Waals surface area contributed by atoms with Crippen molar-refractivity contribution < 1.29 is 29.3 Å². The number of rotatable bonds is 23. The topological polar surface area (TPSA) is 170 Å². The van der Waals surface area contributed by atoms with Gasteiger partial charge in [0.1, 0.15) is 24.7 Å². The van der Waals surface area contributed by atoms with E-state index < -0.39 is 12.2 Å². The first-order chi connectivity index (χ1) is 34.7. The Morgan fingerprint density at radius 3 is 1.59 bits per heavy atom. The second-order valence-corrected chi connectivity index (χ2v) is 17.4. The number of aliphatic hydroxyl groups excluding tert-OH is 2. The monoisotopic (exact) mass is 1020 g/mol. The van der Waals surface area contributed by atoms with E-state index in [1.807, 2.05) is 116 Å². The number of H-pyrrole nitrogens is 1. The van der Waals surface area contributed by atoms with Gasteiger partial charge in [-0.1, -0.05) is 131 Å². The molecule has 0 aliphatic heterocycles. The summed E-state index contributed by atoms with van der Waals surface area (Å²) < 4.78 is 13.5. The van der Waals surface area contributed by atoms with Gasteiger partial charge >= 0.3 is 0 Å². The zero-order valence-electron chi connectivity index (χ0n) is 39.3. The molecule has 0 unspecified atom stereocenters. The van der Waals surface area contributed by atoms with Gasteiger partial charge in [0.25, 0.3) is 5.56 Å². The van der Waals surface area contributed by atoms with Gasteiger partial charge in [-0.2, -0.15) is 0 Å². The quantitative estimate of drug-likeness (QED) is 0.0270. The molecule has 0 radical (unpaired) electrons. The van der Waals surface area contributed by atoms with Gasteiger partial charge in [-0.05, 0) is 107 Å². The molecule has 7 aromatic carbocycles. The summed E-state index contributed by atoms with van der Waals surface area (Å²) >= 11 is 3.22. The molecule has 1 aromatic heterocycles. The van der Waals surface area contributed by atoms with Gasteiger partial charge in [-0.15, -0.1) is 0 Å². The van der Waals surface area contributed by atoms with Crippen molar-refractivity contribution >= 4 is 51.5 Å². The molecule has 2 amide bonds. The minimum Gasteiger partial charge on any atom is -0.487 e. The molecule has 0 fully saturated rings. The first kappa shape index (κ1) is 51.1. The van der Waals surface area contributed by atoms with Crippen molar-refractivity contribution in [3.8, 4) is 17.2 Å². The van der Waals surface area contributed by atoms with E-state index in [9.17, 15) is 24.6 Å². The third-order valence-electron chi connectivity index (χ3n) is 11.5. The summed E-state index contributed by atoms with van der Waals surface area (Å²) in [5.74, 6) is 1.11. The van der Waals surface area contributed by atoms with E-state index in [4.69, 9.17) is 9.47 Å². The average Bonchev–Trinajstić information content (AvgIpc) is 3.75. The van der Waals surface area contributed by atoms with Crippen LogP contribution < -0.4 is 31.0 Å². The summed E-state index contributed by atoms with van der Waals surface area (Å²) in [6.45, 7) is 4.49. The molecular formula is C57H57BrN6O7. The first-order valence-corrected chi connectivity index (χ1v) is 24.2. The summed E-state index contributed by atoms with van der Waals surface area (Å²) in [4.78, 5) is 36.0. The lowest BCUT2D eigenvalue weighted by Crippen LogP contribution is -2.30. The fraction of sp³-hybridized carbons (Fsp3) is 0.175. The molecule has 14 heteroatoms. The minimum atomic E-state index is -0.784. The van der Waals surface area contributed by atoms with Crippen LogP contribution in [-0.4, -0.2) is 56.1 Å². The zero-order chi connectivity index (χ0) is 49.8. The molecule has 364 valence electrons. The number of aromatic amines is 1. The van der Waals surface area contributed by atoms with Crippen LogP contribution in [0.4, 0.5) is 22.7 Å². The first-order valence-electron chi connectivity index (χ1n) is 23.1. The number of ether oxygens (including phenoxy) is 2. The molecule has 1 heterocycles. The number of nitrogens with zero attached hydrogens (tertiary/aromatic N) is 2. The van der Waals surface area contributed by atoms with E-state index >= 15 is 0 Å². The highest BCUT2D eigenvalue weighted by Crippen LogP contribution is 2.31. The lowest BCUT2D eigenvalue weighted by atomic mass is 10.1. The predicted octanol–water partition coefficient (Wildman–Crippen LogP) is 10.4. The van der Waals surface area contributed by atoms with Gasteiger partial charge in [0, 0.05) is 48.1 Å². The summed E-state index contributed by atoms with van der Waals surface area (Å²) in [7, 11) is 0. The van der Waals surface area contributed by atoms with Gasteiger partial charge < -0.3 is 35.6 Å². The Labute approximate surface area is 421 Å². The average molecular weight is 1020 g/mol. The maximum absolute atomic E-state index is 11.7. The molecule has 8 rings (SSSR count). The van der Waals surface area contributed by atoms with Crippen LogP contribution in [0.3, 0.4) is 0 Å². The molecular weight excluding hydrogens is 961 g/mol. The van der Waals surface area contributed by atoms with Crippen LogP contribution in [0.2, 0.25) is 0 Å². The van der Waals surface area contributed by atoms with Crippen molar-refractivity contribution in [2.24, 2.45) is 0 Å². The molecule has 0 spiro atoms. The molecule has 0 bridgehead atoms. The van der Waals surface area contributed by atoms with Crippen molar-refractivity contribution in [2.45, 2.75) is 45.3 Å². The SMILES string of the molecule is Cc1cc(=O)[nH]n1-c1ccc(Nc2ccc(CCN(Cc3ccccc3)C[C@H](O)c3ccc(OCc4ccccc4)c(NC=O)c3)cc2)cc1.O=CNc1cc([C@@H](O)CBr)ccc1OCc1ccccc1. The Balaban J connectivity index is 0.000000294. The molecule has 0 saturated carbocycles. The zero-order valence-corrected chi connectivity index (χ0v) is 40.9. The van der Waals surface area contributed by atoms with Gasteiger partial charge in [0.05, 0.1) is 29.3 Å². The summed E-state index contributed by atoms with van der Waals surface area (Å²) in [5.41, 5.74) is 10.4. The van der Waals surface area contributed by atoms with Crippen LogP contribution in [0, 0.1) is 6.92 Å². The third-order valence-corrected chi connectivity index (χ3v) is 12.1. The van der Waals surface area contributed by atoms with E-state index in [0.29, 0.717) is 78.5 Å². The maximum Gasteiger partial charge on any atom is 0.264 e. The van der Waals surface area contributed by atoms with Crippen molar-refractivity contribution in [1.29, 1.82) is 0 Å². The molecule has 6 N–H and O–H groups in total. The van der Waals surface area contributed by atoms with E-state index in [0.717, 1.165) is 52.4 Å². The van der Waals surface area contributed by atoms with Crippen molar-refractivity contribution in [2.75, 3.05) is 34.4 Å². The summed E-state index contributed by atoms with van der Waals surface area (Å²) in [6, 6.07) is 58.3. The second-order valence-electron chi connectivity index (χ2n) is 16.7. The number of aromatic nitrogens is 2. The summed E-state index contributed by atoms with van der Waals surface area (Å²) in [5, 5.41) is 33.2. The second kappa shape index (κ2) is 26.3. The summed E-state index contributed by atoms with van der Waals surface area (Å²) in [6.07, 6.45) is 0.603. The fourth-order valence-corrected chi connectivity index (χ4v) is 8.13. The van der Waals surface area contributed by atoms with E-state index in [-0.39, 0.29) is 5.56 Å². The van der Waals surface area contributed by atoms with Crippen LogP contribution in [0.25, 0.3) is 5.69 Å². The van der Waals surface area contributed by atoms with Crippen molar-refractivity contribution in [1.82, 2.24) is 14.7 Å². The maximum atomic E-state index is 11.7. The number of hydrogen-bond acceptors (Lipinski definition) is 9. The third kappa shape index (κ3) is 15.4. The highest BCUT2D eigenvalue weighted by Gasteiger charge is 2.17. The molecule has 0 aliphatic rings. The predicted molar refractivity (Wildman–Crippen MR) is 284 cm³/mol. The standard InChI is InChI=1S/C41H41N5O4.C16H16BrNO3/c1-30-24-41(49)44-46(30)37-19-17-36(18-20-37)43-35-15-12-31(13-16-35)22-23-45(26-32-8-4-2-5-9-32)27-39(48)34-14-21-40(38(25-34)42-29-47)50-28-33-10-6-3-7-11-33;17-9-15(20)13-6-7-16(14(8-13)18-11-19)21-10-12-4-2-1-3-5-12/h2-21,24-25,29,39,43,48H,22-23,26-28H2,1H3,(H,42,47)(H,44,49);1-8,11,15,20H,9-10H2,(H,18,19)/t39-;15-/m00/s1. The highest BCUT2D eigenvalue weighted by molar-refractivity contribution is 9.09. The van der Waals surface area contributed by atoms with Crippen LogP contribution in [0.1, 0.15) is 51.3 Å². The fourth-order valence-electron chi connectivity index (χ4n) is 7.76. The van der Waals surface area contributed by atoms with E-state index in [2.05, 4.69) is 78.3 Å². The number of carbonyl (C=O) groups excluding carboxylic acids is 2. The number of alkyl halides is 1. The lowest BCUT2D eigenvalue weighted by molar-refractivity contribution is -0.106. The molecule has 0 saturated heterocycles. The Bertz CT molecular complexity index is 2950. The van der Waals surface area contributed by atoms with Gasteiger partial charge in [-0.3, -0.25) is 29.1 Å². The Kier molecular flexibility index (Phi) is 18.9. The van der Waals surface area contributed by atoms with Crippen LogP contribution >= 0.6 is 15.9 Å². The van der Waals surface area contributed by atoms with E-state index in [1.165, 1.54) is 5.56 Å². The van der Waals surface area contributed by atoms with Gasteiger partial charge in [0.2, 0.25) is 12.8 Å². The number of aryl methyl sites for hydroxylation is 1. The van der Waals surface area contributed by atoms with Crippen LogP contribution in [-0.2, 0) is 35.8 Å². The Morgan fingerprint density at radius 1 is 0.620 bits per heavy atom. The van der Waals surface area contributed by atoms with Crippen LogP contribution in [0.5, 0.6) is 11.5 Å². The minimum absolute atomic E-state index is 0.123. The Hall–Kier alpha value is -7.75. The number of aliphatic hydroxyl groups is 2. The highest BCUT2D eigenvalue weighted by atomic mass is 79.9. The smallest absolute Gasteiger partial charge is 0.264 e. The molecule has 0 aliphatic carbocycles. The number of halogens is 1.